The molecule has 2 aromatic rings. The third-order valence-electron chi connectivity index (χ3n) is 3.51. The minimum Gasteiger partial charge on any atom is -0.396 e. The quantitative estimate of drug-likeness (QED) is 0.608. The van der Waals surface area contributed by atoms with Crippen molar-refractivity contribution in [1.82, 2.24) is 4.98 Å². The Labute approximate surface area is 130 Å². The van der Waals surface area contributed by atoms with Crippen LogP contribution in [0.5, 0.6) is 0 Å². The summed E-state index contributed by atoms with van der Waals surface area (Å²) in [7, 11) is 2.01. The van der Waals surface area contributed by atoms with Gasteiger partial charge < -0.3 is 15.7 Å². The first-order valence-corrected chi connectivity index (χ1v) is 7.56. The first-order valence-electron chi connectivity index (χ1n) is 7.15. The molecule has 112 valence electrons. The maximum atomic E-state index is 8.81. The standard InChI is InChI=1S/C16H21N3OS/c1-19(9-5-2-6-10-20)15-11-13(16(17)21)12-7-3-4-8-14(12)18-15/h3-4,7-8,11,20H,2,5-6,9-10H2,1H3,(H2,17,21). The zero-order valence-electron chi connectivity index (χ0n) is 12.2. The number of aliphatic hydroxyl groups excluding tert-OH is 1. The number of fused-ring (bicyclic) bond motifs is 1. The van der Waals surface area contributed by atoms with E-state index >= 15 is 0 Å². The predicted molar refractivity (Wildman–Crippen MR) is 91.8 cm³/mol. The number of pyridine rings is 1. The van der Waals surface area contributed by atoms with Gasteiger partial charge in [0, 0.05) is 31.1 Å². The molecule has 0 spiro atoms. The van der Waals surface area contributed by atoms with Crippen molar-refractivity contribution in [1.29, 1.82) is 0 Å². The van der Waals surface area contributed by atoms with Crippen LogP contribution in [0.15, 0.2) is 30.3 Å². The Morgan fingerprint density at radius 1 is 1.29 bits per heavy atom. The molecule has 0 saturated carbocycles. The molecular formula is C16H21N3OS. The number of hydrogen-bond donors (Lipinski definition) is 2. The van der Waals surface area contributed by atoms with Crippen molar-refractivity contribution in [2.45, 2.75) is 19.3 Å². The maximum absolute atomic E-state index is 8.81. The van der Waals surface area contributed by atoms with Gasteiger partial charge in [0.2, 0.25) is 0 Å². The molecule has 21 heavy (non-hydrogen) atoms. The summed E-state index contributed by atoms with van der Waals surface area (Å²) in [6.45, 7) is 1.14. The largest absolute Gasteiger partial charge is 0.396 e. The van der Waals surface area contributed by atoms with E-state index in [4.69, 9.17) is 23.1 Å². The second-order valence-corrected chi connectivity index (χ2v) is 5.56. The van der Waals surface area contributed by atoms with Gasteiger partial charge in [-0.05, 0) is 31.4 Å². The summed E-state index contributed by atoms with van der Waals surface area (Å²) >= 11 is 5.16. The number of thiocarbonyl (C=S) groups is 1. The lowest BCUT2D eigenvalue weighted by atomic mass is 10.1. The zero-order valence-corrected chi connectivity index (χ0v) is 13.1. The van der Waals surface area contributed by atoms with Crippen molar-refractivity contribution >= 4 is 33.9 Å². The zero-order chi connectivity index (χ0) is 15.2. The summed E-state index contributed by atoms with van der Waals surface area (Å²) in [4.78, 5) is 7.17. The molecule has 1 heterocycles. The van der Waals surface area contributed by atoms with E-state index in [1.807, 2.05) is 37.4 Å². The Bertz CT molecular complexity index is 630. The molecule has 0 amide bonds. The van der Waals surface area contributed by atoms with Crippen LogP contribution >= 0.6 is 12.2 Å². The minimum absolute atomic E-state index is 0.254. The Morgan fingerprint density at radius 3 is 2.76 bits per heavy atom. The first kappa shape index (κ1) is 15.7. The Balaban J connectivity index is 2.25. The van der Waals surface area contributed by atoms with Crippen LogP contribution in [0.25, 0.3) is 10.9 Å². The van der Waals surface area contributed by atoms with Gasteiger partial charge in [-0.1, -0.05) is 30.4 Å². The molecule has 0 atom stereocenters. The molecule has 0 aliphatic heterocycles. The first-order chi connectivity index (χ1) is 10.1. The molecule has 0 bridgehead atoms. The average Bonchev–Trinajstić information content (AvgIpc) is 2.50. The molecular weight excluding hydrogens is 282 g/mol. The Kier molecular flexibility index (Phi) is 5.47. The molecule has 0 fully saturated rings. The topological polar surface area (TPSA) is 62.4 Å². The number of nitrogens with two attached hydrogens (primary N) is 1. The summed E-state index contributed by atoms with van der Waals surface area (Å²) in [5.74, 6) is 0.875. The second kappa shape index (κ2) is 7.33. The fourth-order valence-corrected chi connectivity index (χ4v) is 2.48. The Hall–Kier alpha value is -1.72. The van der Waals surface area contributed by atoms with Crippen LogP contribution in [0.2, 0.25) is 0 Å². The number of benzene rings is 1. The van der Waals surface area contributed by atoms with Gasteiger partial charge in [0.1, 0.15) is 10.8 Å². The number of aromatic nitrogens is 1. The van der Waals surface area contributed by atoms with E-state index in [2.05, 4.69) is 9.88 Å². The number of nitrogens with zero attached hydrogens (tertiary/aromatic N) is 2. The van der Waals surface area contributed by atoms with Crippen LogP contribution in [0.4, 0.5) is 5.82 Å². The van der Waals surface area contributed by atoms with E-state index in [0.29, 0.717) is 4.99 Å². The molecule has 5 heteroatoms. The van der Waals surface area contributed by atoms with Crippen molar-refractivity contribution < 1.29 is 5.11 Å². The van der Waals surface area contributed by atoms with Gasteiger partial charge in [-0.2, -0.15) is 0 Å². The highest BCUT2D eigenvalue weighted by Gasteiger charge is 2.10. The highest BCUT2D eigenvalue weighted by Crippen LogP contribution is 2.22. The van der Waals surface area contributed by atoms with Gasteiger partial charge >= 0.3 is 0 Å². The van der Waals surface area contributed by atoms with Gasteiger partial charge in [-0.15, -0.1) is 0 Å². The molecule has 0 aliphatic carbocycles. The van der Waals surface area contributed by atoms with Crippen molar-refractivity contribution in [2.24, 2.45) is 5.73 Å². The molecule has 0 saturated heterocycles. The monoisotopic (exact) mass is 303 g/mol. The van der Waals surface area contributed by atoms with Gasteiger partial charge in [0.25, 0.3) is 0 Å². The lowest BCUT2D eigenvalue weighted by Crippen LogP contribution is -2.21. The Morgan fingerprint density at radius 2 is 2.05 bits per heavy atom. The molecule has 0 unspecified atom stereocenters. The lowest BCUT2D eigenvalue weighted by Gasteiger charge is -2.19. The van der Waals surface area contributed by atoms with Crippen molar-refractivity contribution in [3.05, 3.63) is 35.9 Å². The fraction of sp³-hybridized carbons (Fsp3) is 0.375. The van der Waals surface area contributed by atoms with E-state index in [1.165, 1.54) is 0 Å². The minimum atomic E-state index is 0.254. The number of hydrogen-bond acceptors (Lipinski definition) is 4. The smallest absolute Gasteiger partial charge is 0.129 e. The summed E-state index contributed by atoms with van der Waals surface area (Å²) in [6, 6.07) is 9.84. The van der Waals surface area contributed by atoms with E-state index in [1.54, 1.807) is 0 Å². The number of unbranched alkanes of at least 4 members (excludes halogenated alkanes) is 2. The highest BCUT2D eigenvalue weighted by atomic mass is 32.1. The molecule has 1 aromatic heterocycles. The molecule has 2 rings (SSSR count). The molecule has 1 aromatic carbocycles. The molecule has 4 nitrogen and oxygen atoms in total. The van der Waals surface area contributed by atoms with Crippen LogP contribution in [0.3, 0.4) is 0 Å². The normalized spacial score (nSPS) is 10.8. The highest BCUT2D eigenvalue weighted by molar-refractivity contribution is 7.80. The molecule has 3 N–H and O–H groups in total. The summed E-state index contributed by atoms with van der Waals surface area (Å²) in [5, 5.41) is 9.80. The number of anilines is 1. The number of aliphatic hydroxyl groups is 1. The van der Waals surface area contributed by atoms with Crippen molar-refractivity contribution in [3.8, 4) is 0 Å². The van der Waals surface area contributed by atoms with E-state index in [0.717, 1.165) is 48.1 Å². The third kappa shape index (κ3) is 3.89. The van der Waals surface area contributed by atoms with Crippen LogP contribution in [-0.4, -0.2) is 35.3 Å². The van der Waals surface area contributed by atoms with Crippen molar-refractivity contribution in [3.63, 3.8) is 0 Å². The number of para-hydroxylation sites is 1. The maximum Gasteiger partial charge on any atom is 0.129 e. The van der Waals surface area contributed by atoms with Crippen LogP contribution in [0, 0.1) is 0 Å². The summed E-state index contributed by atoms with van der Waals surface area (Å²) in [5.41, 5.74) is 7.62. The molecule has 0 radical (unpaired) electrons. The average molecular weight is 303 g/mol. The third-order valence-corrected chi connectivity index (χ3v) is 3.73. The number of rotatable bonds is 7. The van der Waals surface area contributed by atoms with Gasteiger partial charge in [0.15, 0.2) is 0 Å². The van der Waals surface area contributed by atoms with E-state index in [9.17, 15) is 0 Å². The van der Waals surface area contributed by atoms with E-state index in [-0.39, 0.29) is 6.61 Å². The van der Waals surface area contributed by atoms with Crippen molar-refractivity contribution in [2.75, 3.05) is 25.1 Å². The van der Waals surface area contributed by atoms with Crippen LogP contribution in [0.1, 0.15) is 24.8 Å². The predicted octanol–water partition coefficient (Wildman–Crippen LogP) is 2.47. The van der Waals surface area contributed by atoms with Gasteiger partial charge in [-0.25, -0.2) is 4.98 Å². The van der Waals surface area contributed by atoms with Gasteiger partial charge in [0.05, 0.1) is 5.52 Å². The van der Waals surface area contributed by atoms with E-state index < -0.39 is 0 Å². The second-order valence-electron chi connectivity index (χ2n) is 5.12. The van der Waals surface area contributed by atoms with Gasteiger partial charge in [-0.3, -0.25) is 0 Å². The van der Waals surface area contributed by atoms with Crippen LogP contribution < -0.4 is 10.6 Å². The summed E-state index contributed by atoms with van der Waals surface area (Å²) < 4.78 is 0. The van der Waals surface area contributed by atoms with Crippen LogP contribution in [-0.2, 0) is 0 Å². The fourth-order valence-electron chi connectivity index (χ4n) is 2.31. The lowest BCUT2D eigenvalue weighted by molar-refractivity contribution is 0.283. The molecule has 0 aliphatic rings. The SMILES string of the molecule is CN(CCCCCO)c1cc(C(N)=S)c2ccccc2n1. The summed E-state index contributed by atoms with van der Waals surface area (Å²) in [6.07, 6.45) is 2.88.